The first-order chi connectivity index (χ1) is 9.86. The van der Waals surface area contributed by atoms with Gasteiger partial charge in [0.2, 0.25) is 0 Å². The Labute approximate surface area is 139 Å². The van der Waals surface area contributed by atoms with Gasteiger partial charge in [-0.1, -0.05) is 46.4 Å². The monoisotopic (exact) mass is 410 g/mol. The van der Waals surface area contributed by atoms with Crippen LogP contribution in [0.5, 0.6) is 11.5 Å². The van der Waals surface area contributed by atoms with Gasteiger partial charge in [0.1, 0.15) is 0 Å². The maximum atomic E-state index is 13.1. The van der Waals surface area contributed by atoms with Crippen LogP contribution < -0.4 is 9.47 Å². The number of rotatable bonds is 6. The van der Waals surface area contributed by atoms with E-state index >= 15 is 0 Å². The molecule has 2 unspecified atom stereocenters. The molecule has 1 aromatic rings. The fourth-order valence-corrected chi connectivity index (χ4v) is 1.45. The quantitative estimate of drug-likeness (QED) is 0.422. The molecular formula is C10H4Cl4F6O2. The summed E-state index contributed by atoms with van der Waals surface area (Å²) < 4.78 is 85.1. The van der Waals surface area contributed by atoms with Crippen LogP contribution in [0.25, 0.3) is 0 Å². The molecule has 0 heterocycles. The SMILES string of the molecule is FC(Cl)C(F)(F)Oc1cc(Cl)c(Cl)cc1OC(F)(F)C(F)Cl. The summed E-state index contributed by atoms with van der Waals surface area (Å²) in [5, 5.41) is -0.813. The van der Waals surface area contributed by atoms with Gasteiger partial charge >= 0.3 is 12.2 Å². The molecule has 12 heteroatoms. The molecular weight excluding hydrogens is 408 g/mol. The van der Waals surface area contributed by atoms with Crippen molar-refractivity contribution in [3.05, 3.63) is 22.2 Å². The van der Waals surface area contributed by atoms with E-state index in [2.05, 4.69) is 32.7 Å². The standard InChI is InChI=1S/C10H4Cl4F6O2/c11-3-1-5(21-9(17,18)7(13)15)6(2-4(3)12)22-10(19,20)8(14)16/h1-2,7-8H. The first kappa shape index (κ1) is 19.6. The van der Waals surface area contributed by atoms with Gasteiger partial charge in [0.25, 0.3) is 11.3 Å². The Kier molecular flexibility index (Phi) is 6.22. The van der Waals surface area contributed by atoms with Gasteiger partial charge in [0.15, 0.2) is 11.5 Å². The molecule has 0 spiro atoms. The lowest BCUT2D eigenvalue weighted by Crippen LogP contribution is -2.35. The second kappa shape index (κ2) is 6.98. The number of alkyl halides is 8. The molecule has 0 N–H and O–H groups in total. The molecule has 0 radical (unpaired) electrons. The van der Waals surface area contributed by atoms with Gasteiger partial charge < -0.3 is 9.47 Å². The van der Waals surface area contributed by atoms with Crippen LogP contribution in [0.4, 0.5) is 26.3 Å². The lowest BCUT2D eigenvalue weighted by molar-refractivity contribution is -0.212. The second-order valence-electron chi connectivity index (χ2n) is 3.64. The molecule has 1 aromatic carbocycles. The molecule has 0 aliphatic carbocycles. The van der Waals surface area contributed by atoms with Crippen LogP contribution in [0.2, 0.25) is 10.0 Å². The van der Waals surface area contributed by atoms with Crippen LogP contribution in [0.1, 0.15) is 0 Å². The molecule has 1 rings (SSSR count). The zero-order chi connectivity index (χ0) is 17.3. The Morgan fingerprint density at radius 1 is 0.773 bits per heavy atom. The average Bonchev–Trinajstić information content (AvgIpc) is 2.34. The van der Waals surface area contributed by atoms with Crippen molar-refractivity contribution in [3.8, 4) is 11.5 Å². The fourth-order valence-electron chi connectivity index (χ4n) is 1.05. The predicted octanol–water partition coefficient (Wildman–Crippen LogP) is 6.01. The number of halogens is 10. The van der Waals surface area contributed by atoms with Crippen molar-refractivity contribution in [3.63, 3.8) is 0 Å². The molecule has 0 aromatic heterocycles. The third-order valence-electron chi connectivity index (χ3n) is 1.99. The summed E-state index contributed by atoms with van der Waals surface area (Å²) in [4.78, 5) is 0. The van der Waals surface area contributed by atoms with Crippen molar-refractivity contribution < 1.29 is 35.8 Å². The van der Waals surface area contributed by atoms with E-state index < -0.39 is 45.0 Å². The van der Waals surface area contributed by atoms with Crippen molar-refractivity contribution in [1.29, 1.82) is 0 Å². The van der Waals surface area contributed by atoms with Crippen molar-refractivity contribution in [2.75, 3.05) is 0 Å². The van der Waals surface area contributed by atoms with Crippen LogP contribution in [-0.2, 0) is 0 Å². The minimum absolute atomic E-state index is 0.407. The molecule has 0 saturated heterocycles. The third-order valence-corrected chi connectivity index (χ3v) is 3.22. The Balaban J connectivity index is 3.24. The van der Waals surface area contributed by atoms with Crippen molar-refractivity contribution in [2.45, 2.75) is 23.5 Å². The summed E-state index contributed by atoms with van der Waals surface area (Å²) in [6.07, 6.45) is -9.22. The average molecular weight is 412 g/mol. The summed E-state index contributed by atoms with van der Waals surface area (Å²) >= 11 is 20.1. The van der Waals surface area contributed by atoms with E-state index in [1.54, 1.807) is 0 Å². The van der Waals surface area contributed by atoms with Crippen molar-refractivity contribution in [2.24, 2.45) is 0 Å². The number of hydrogen-bond donors (Lipinski definition) is 0. The molecule has 126 valence electrons. The highest BCUT2D eigenvalue weighted by molar-refractivity contribution is 6.42. The zero-order valence-electron chi connectivity index (χ0n) is 9.91. The van der Waals surface area contributed by atoms with Crippen LogP contribution in [-0.4, -0.2) is 23.5 Å². The molecule has 0 aliphatic heterocycles. The number of benzene rings is 1. The highest BCUT2D eigenvalue weighted by Gasteiger charge is 2.45. The second-order valence-corrected chi connectivity index (χ2v) is 5.22. The summed E-state index contributed by atoms with van der Waals surface area (Å²) in [5.41, 5.74) is -6.62. The lowest BCUT2D eigenvalue weighted by atomic mass is 10.3. The zero-order valence-corrected chi connectivity index (χ0v) is 12.9. The van der Waals surface area contributed by atoms with Crippen molar-refractivity contribution in [1.82, 2.24) is 0 Å². The van der Waals surface area contributed by atoms with Gasteiger partial charge in [-0.25, -0.2) is 8.78 Å². The van der Waals surface area contributed by atoms with Gasteiger partial charge in [-0.3, -0.25) is 0 Å². The number of hydrogen-bond acceptors (Lipinski definition) is 2. The molecule has 2 nitrogen and oxygen atoms in total. The summed E-state index contributed by atoms with van der Waals surface area (Å²) in [6, 6.07) is 1.06. The normalized spacial score (nSPS) is 15.4. The maximum Gasteiger partial charge on any atom is 0.444 e. The van der Waals surface area contributed by atoms with E-state index in [4.69, 9.17) is 23.2 Å². The Morgan fingerprint density at radius 2 is 1.05 bits per heavy atom. The summed E-state index contributed by atoms with van der Waals surface area (Å²) in [7, 11) is 0. The largest absolute Gasteiger partial charge is 0.444 e. The van der Waals surface area contributed by atoms with E-state index in [0.29, 0.717) is 12.1 Å². The molecule has 0 amide bonds. The maximum absolute atomic E-state index is 13.1. The molecule has 0 bridgehead atoms. The Hall–Kier alpha value is -0.440. The molecule has 22 heavy (non-hydrogen) atoms. The molecule has 0 fully saturated rings. The van der Waals surface area contributed by atoms with E-state index in [1.807, 2.05) is 0 Å². The molecule has 0 saturated carbocycles. The minimum Gasteiger partial charge on any atom is -0.425 e. The Bertz CT molecular complexity index is 493. The van der Waals surface area contributed by atoms with Gasteiger partial charge in [-0.2, -0.15) is 17.6 Å². The van der Waals surface area contributed by atoms with Crippen LogP contribution in [0.3, 0.4) is 0 Å². The van der Waals surface area contributed by atoms with Crippen LogP contribution in [0, 0.1) is 0 Å². The van der Waals surface area contributed by atoms with Crippen LogP contribution in [0.15, 0.2) is 12.1 Å². The smallest absolute Gasteiger partial charge is 0.425 e. The number of ether oxygens (including phenoxy) is 2. The first-order valence-corrected chi connectivity index (χ1v) is 6.68. The van der Waals surface area contributed by atoms with Gasteiger partial charge in [0.05, 0.1) is 10.0 Å². The van der Waals surface area contributed by atoms with Crippen LogP contribution >= 0.6 is 46.4 Å². The summed E-state index contributed by atoms with van der Waals surface area (Å²) in [5.74, 6) is -2.31. The molecule has 0 aliphatic rings. The van der Waals surface area contributed by atoms with Gasteiger partial charge in [-0.05, 0) is 0 Å². The molecule has 2 atom stereocenters. The van der Waals surface area contributed by atoms with Gasteiger partial charge in [-0.15, -0.1) is 0 Å². The van der Waals surface area contributed by atoms with Gasteiger partial charge in [0, 0.05) is 12.1 Å². The fraction of sp³-hybridized carbons (Fsp3) is 0.400. The predicted molar refractivity (Wildman–Crippen MR) is 69.1 cm³/mol. The van der Waals surface area contributed by atoms with Crippen molar-refractivity contribution >= 4 is 46.4 Å². The first-order valence-electron chi connectivity index (χ1n) is 5.06. The summed E-state index contributed by atoms with van der Waals surface area (Å²) in [6.45, 7) is 0. The van der Waals surface area contributed by atoms with E-state index in [9.17, 15) is 26.3 Å². The lowest BCUT2D eigenvalue weighted by Gasteiger charge is -2.23. The van der Waals surface area contributed by atoms with E-state index in [1.165, 1.54) is 0 Å². The highest BCUT2D eigenvalue weighted by Crippen LogP contribution is 2.42. The third kappa shape index (κ3) is 4.78. The van der Waals surface area contributed by atoms with E-state index in [-0.39, 0.29) is 0 Å². The minimum atomic E-state index is -4.61. The topological polar surface area (TPSA) is 18.5 Å². The Morgan fingerprint density at radius 3 is 1.27 bits per heavy atom. The highest BCUT2D eigenvalue weighted by atomic mass is 35.5. The van der Waals surface area contributed by atoms with E-state index in [0.717, 1.165) is 0 Å².